The van der Waals surface area contributed by atoms with Crippen LogP contribution in [0.25, 0.3) is 0 Å². The molecule has 0 unspecified atom stereocenters. The number of nitrogens with zero attached hydrogens (tertiary/aromatic N) is 2. The van der Waals surface area contributed by atoms with Crippen LogP contribution >= 0.6 is 11.8 Å². The molecule has 86 valence electrons. The van der Waals surface area contributed by atoms with Crippen molar-refractivity contribution < 1.29 is 13.9 Å². The molecule has 1 aromatic rings. The first-order chi connectivity index (χ1) is 7.30. The van der Waals surface area contributed by atoms with Gasteiger partial charge >= 0.3 is 0 Å². The molecule has 0 aliphatic carbocycles. The highest BCUT2D eigenvalue weighted by atomic mass is 32.2. The van der Waals surface area contributed by atoms with Crippen molar-refractivity contribution in [2.24, 2.45) is 0 Å². The monoisotopic (exact) mass is 232 g/mol. The molecular formula is C9H16N2O3S. The summed E-state index contributed by atoms with van der Waals surface area (Å²) in [6.07, 6.45) is 1.59. The zero-order chi connectivity index (χ0) is 11.1. The van der Waals surface area contributed by atoms with E-state index in [4.69, 9.17) is 13.9 Å². The molecular weight excluding hydrogens is 216 g/mol. The smallest absolute Gasteiger partial charge is 0.276 e. The SMILES string of the molecule is CCCc1nnc(SCC(OC)OC)o1. The molecule has 1 aromatic heterocycles. The molecule has 6 heteroatoms. The summed E-state index contributed by atoms with van der Waals surface area (Å²) in [6.45, 7) is 2.07. The summed E-state index contributed by atoms with van der Waals surface area (Å²) in [6, 6.07) is 0. The van der Waals surface area contributed by atoms with Gasteiger partial charge in [0.1, 0.15) is 0 Å². The number of methoxy groups -OCH3 is 2. The largest absolute Gasteiger partial charge is 0.416 e. The Morgan fingerprint density at radius 1 is 1.33 bits per heavy atom. The van der Waals surface area contributed by atoms with Crippen molar-refractivity contribution in [2.45, 2.75) is 31.3 Å². The van der Waals surface area contributed by atoms with Crippen molar-refractivity contribution >= 4 is 11.8 Å². The fraction of sp³-hybridized carbons (Fsp3) is 0.778. The summed E-state index contributed by atoms with van der Waals surface area (Å²) < 4.78 is 15.5. The second-order valence-electron chi connectivity index (χ2n) is 2.92. The van der Waals surface area contributed by atoms with Crippen LogP contribution in [0.1, 0.15) is 19.2 Å². The van der Waals surface area contributed by atoms with Crippen LogP contribution in [-0.4, -0.2) is 36.5 Å². The van der Waals surface area contributed by atoms with Crippen LogP contribution in [0.15, 0.2) is 9.64 Å². The van der Waals surface area contributed by atoms with Crippen molar-refractivity contribution in [3.05, 3.63) is 5.89 Å². The third-order valence-electron chi connectivity index (χ3n) is 1.78. The highest BCUT2D eigenvalue weighted by molar-refractivity contribution is 7.99. The van der Waals surface area contributed by atoms with E-state index in [1.807, 2.05) is 0 Å². The van der Waals surface area contributed by atoms with Crippen LogP contribution < -0.4 is 0 Å². The van der Waals surface area contributed by atoms with E-state index >= 15 is 0 Å². The van der Waals surface area contributed by atoms with Crippen LogP contribution in [0.3, 0.4) is 0 Å². The Hall–Kier alpha value is -0.590. The van der Waals surface area contributed by atoms with E-state index in [-0.39, 0.29) is 6.29 Å². The van der Waals surface area contributed by atoms with E-state index in [0.717, 1.165) is 12.8 Å². The predicted molar refractivity (Wildman–Crippen MR) is 56.8 cm³/mol. The van der Waals surface area contributed by atoms with Gasteiger partial charge in [0.2, 0.25) is 5.89 Å². The number of aromatic nitrogens is 2. The molecule has 0 aliphatic rings. The minimum absolute atomic E-state index is 0.239. The summed E-state index contributed by atoms with van der Waals surface area (Å²) in [5.41, 5.74) is 0. The Kier molecular flexibility index (Phi) is 5.67. The Labute approximate surface area is 93.5 Å². The molecule has 0 fully saturated rings. The minimum Gasteiger partial charge on any atom is -0.416 e. The van der Waals surface area contributed by atoms with Gasteiger partial charge in [-0.2, -0.15) is 0 Å². The van der Waals surface area contributed by atoms with E-state index < -0.39 is 0 Å². The second kappa shape index (κ2) is 6.81. The lowest BCUT2D eigenvalue weighted by Gasteiger charge is -2.10. The molecule has 0 radical (unpaired) electrons. The van der Waals surface area contributed by atoms with Gasteiger partial charge in [-0.1, -0.05) is 18.7 Å². The lowest BCUT2D eigenvalue weighted by Crippen LogP contribution is -2.15. The molecule has 0 aromatic carbocycles. The van der Waals surface area contributed by atoms with Crippen molar-refractivity contribution in [3.8, 4) is 0 Å². The molecule has 0 bridgehead atoms. The standard InChI is InChI=1S/C9H16N2O3S/c1-4-5-7-10-11-9(14-7)15-6-8(12-2)13-3/h8H,4-6H2,1-3H3. The lowest BCUT2D eigenvalue weighted by atomic mass is 10.3. The van der Waals surface area contributed by atoms with E-state index in [1.165, 1.54) is 11.8 Å². The Bertz CT molecular complexity index is 276. The Morgan fingerprint density at radius 2 is 2.07 bits per heavy atom. The van der Waals surface area contributed by atoms with Crippen molar-refractivity contribution in [1.29, 1.82) is 0 Å². The van der Waals surface area contributed by atoms with E-state index in [1.54, 1.807) is 14.2 Å². The number of rotatable bonds is 7. The molecule has 0 amide bonds. The molecule has 0 saturated heterocycles. The molecule has 0 aliphatic heterocycles. The average Bonchev–Trinajstić information content (AvgIpc) is 2.68. The van der Waals surface area contributed by atoms with Crippen LogP contribution in [0, 0.1) is 0 Å². The summed E-state index contributed by atoms with van der Waals surface area (Å²) in [4.78, 5) is 0. The average molecular weight is 232 g/mol. The topological polar surface area (TPSA) is 57.4 Å². The van der Waals surface area contributed by atoms with Crippen molar-refractivity contribution in [1.82, 2.24) is 10.2 Å². The molecule has 15 heavy (non-hydrogen) atoms. The normalized spacial score (nSPS) is 11.2. The number of thioether (sulfide) groups is 1. The Balaban J connectivity index is 2.36. The van der Waals surface area contributed by atoms with Gasteiger partial charge < -0.3 is 13.9 Å². The van der Waals surface area contributed by atoms with Crippen LogP contribution in [-0.2, 0) is 15.9 Å². The maximum Gasteiger partial charge on any atom is 0.276 e. The van der Waals surface area contributed by atoms with Crippen LogP contribution in [0.2, 0.25) is 0 Å². The highest BCUT2D eigenvalue weighted by Crippen LogP contribution is 2.18. The van der Waals surface area contributed by atoms with Gasteiger partial charge in [0.05, 0.1) is 5.75 Å². The fourth-order valence-electron chi connectivity index (χ4n) is 0.983. The number of hydrogen-bond acceptors (Lipinski definition) is 6. The van der Waals surface area contributed by atoms with E-state index in [0.29, 0.717) is 16.9 Å². The van der Waals surface area contributed by atoms with Gasteiger partial charge in [0.25, 0.3) is 5.22 Å². The van der Waals surface area contributed by atoms with Crippen LogP contribution in [0.5, 0.6) is 0 Å². The number of ether oxygens (including phenoxy) is 2. The zero-order valence-electron chi connectivity index (χ0n) is 9.23. The van der Waals surface area contributed by atoms with Gasteiger partial charge in [-0.3, -0.25) is 0 Å². The fourth-order valence-corrected chi connectivity index (χ4v) is 1.79. The van der Waals surface area contributed by atoms with Crippen molar-refractivity contribution in [2.75, 3.05) is 20.0 Å². The van der Waals surface area contributed by atoms with E-state index in [9.17, 15) is 0 Å². The molecule has 0 spiro atoms. The maximum absolute atomic E-state index is 5.39. The van der Waals surface area contributed by atoms with Gasteiger partial charge in [0.15, 0.2) is 6.29 Å². The maximum atomic E-state index is 5.39. The summed E-state index contributed by atoms with van der Waals surface area (Å²) in [5, 5.41) is 8.39. The first-order valence-corrected chi connectivity index (χ1v) is 5.79. The predicted octanol–water partition coefficient (Wildman–Crippen LogP) is 1.73. The molecule has 0 saturated carbocycles. The lowest BCUT2D eigenvalue weighted by molar-refractivity contribution is -0.0843. The van der Waals surface area contributed by atoms with E-state index in [2.05, 4.69) is 17.1 Å². The van der Waals surface area contributed by atoms with Gasteiger partial charge in [-0.05, 0) is 6.42 Å². The minimum atomic E-state index is -0.239. The number of hydrogen-bond donors (Lipinski definition) is 0. The number of aryl methyl sites for hydroxylation is 1. The summed E-state index contributed by atoms with van der Waals surface area (Å²) >= 11 is 1.43. The van der Waals surface area contributed by atoms with Crippen molar-refractivity contribution in [3.63, 3.8) is 0 Å². The van der Waals surface area contributed by atoms with Gasteiger partial charge in [0, 0.05) is 20.6 Å². The summed E-state index contributed by atoms with van der Waals surface area (Å²) in [5.74, 6) is 1.33. The second-order valence-corrected chi connectivity index (χ2v) is 3.89. The molecule has 1 heterocycles. The van der Waals surface area contributed by atoms with Crippen LogP contribution in [0.4, 0.5) is 0 Å². The summed E-state index contributed by atoms with van der Waals surface area (Å²) in [7, 11) is 3.20. The molecule has 0 atom stereocenters. The zero-order valence-corrected chi connectivity index (χ0v) is 10.0. The molecule has 5 nitrogen and oxygen atoms in total. The third kappa shape index (κ3) is 4.19. The highest BCUT2D eigenvalue weighted by Gasteiger charge is 2.10. The first kappa shape index (κ1) is 12.5. The third-order valence-corrected chi connectivity index (χ3v) is 2.63. The Morgan fingerprint density at radius 3 is 2.67 bits per heavy atom. The quantitative estimate of drug-likeness (QED) is 0.527. The van der Waals surface area contributed by atoms with Gasteiger partial charge in [-0.25, -0.2) is 0 Å². The first-order valence-electron chi connectivity index (χ1n) is 4.81. The van der Waals surface area contributed by atoms with Gasteiger partial charge in [-0.15, -0.1) is 10.2 Å². The molecule has 1 rings (SSSR count). The molecule has 0 N–H and O–H groups in total.